The van der Waals surface area contributed by atoms with E-state index >= 15 is 0 Å². The molecule has 1 aromatic rings. The molecule has 0 aliphatic carbocycles. The molecule has 0 unspecified atom stereocenters. The van der Waals surface area contributed by atoms with E-state index in [-0.39, 0.29) is 37.1 Å². The Morgan fingerprint density at radius 3 is 1.08 bits per heavy atom. The fourth-order valence-corrected chi connectivity index (χ4v) is 0.321. The van der Waals surface area contributed by atoms with Crippen LogP contribution in [0.15, 0.2) is 30.3 Å². The summed E-state index contributed by atoms with van der Waals surface area (Å²) < 4.78 is 0. The Bertz CT molecular complexity index is 79.8. The van der Waals surface area contributed by atoms with Gasteiger partial charge in [-0.25, -0.2) is 12.1 Å². The summed E-state index contributed by atoms with van der Waals surface area (Å²) in [6.07, 6.45) is 0. The van der Waals surface area contributed by atoms with Gasteiger partial charge in [0.15, 0.2) is 0 Å². The molecule has 0 N–H and O–H groups in total. The molecule has 0 atom stereocenters. The summed E-state index contributed by atoms with van der Waals surface area (Å²) in [5.74, 6) is 0. The first-order valence-electron chi connectivity index (χ1n) is 1.92. The van der Waals surface area contributed by atoms with Crippen molar-refractivity contribution in [3.63, 3.8) is 0 Å². The van der Waals surface area contributed by atoms with Gasteiger partial charge in [-0.3, -0.25) is 0 Å². The average molecular weight is 453 g/mol. The topological polar surface area (TPSA) is 0 Å². The molecule has 0 aliphatic heterocycles. The van der Waals surface area contributed by atoms with Gasteiger partial charge < -0.3 is 37.1 Å². The summed E-state index contributed by atoms with van der Waals surface area (Å²) in [5, 5.41) is 0. The van der Waals surface area contributed by atoms with Crippen LogP contribution in [-0.4, -0.2) is 0 Å². The van der Waals surface area contributed by atoms with Crippen molar-refractivity contribution in [1.82, 2.24) is 0 Å². The van der Waals surface area contributed by atoms with Crippen LogP contribution in [-0.2, 0) is 8.26 Å². The van der Waals surface area contributed by atoms with Gasteiger partial charge in [-0.15, -0.1) is 0 Å². The van der Waals surface area contributed by atoms with Gasteiger partial charge in [0.25, 0.3) is 0 Å². The standard InChI is InChI=1S/C5H5.5CH3.Co.2HI/c1-2-4-5-3-1;;;;;;;;/h1-5H;5*1H3;;2*1H/q6*-1;+2;;/p-2. The zero-order valence-electron chi connectivity index (χ0n) is 8.98. The van der Waals surface area contributed by atoms with Gasteiger partial charge in [0.2, 0.25) is 0 Å². The average Bonchev–Trinajstić information content (AvgIpc) is 2.17. The minimum Gasteiger partial charge on any atom is -0.214 e. The molecule has 89 valence electrons. The third-order valence-electron chi connectivity index (χ3n) is 0.556. The Kier molecular flexibility index (Phi) is 107. The third kappa shape index (κ3) is 42.7. The van der Waals surface area contributed by atoms with Gasteiger partial charge in [-0.1, -0.05) is 0 Å². The predicted octanol–water partition coefficient (Wildman–Crippen LogP) is 5.43. The molecule has 3 heteroatoms. The molecule has 1 aromatic carbocycles. The van der Waals surface area contributed by atoms with E-state index in [0.29, 0.717) is 0 Å². The minimum absolute atomic E-state index is 0. The van der Waals surface area contributed by atoms with Gasteiger partial charge in [0.1, 0.15) is 0 Å². The van der Waals surface area contributed by atoms with Gasteiger partial charge in [0.05, 0.1) is 0 Å². The molecular weight excluding hydrogens is 433 g/mol. The second-order valence-corrected chi connectivity index (χ2v) is 9.80. The predicted molar refractivity (Wildman–Crippen MR) is 82.1 cm³/mol. The second kappa shape index (κ2) is 37.7. The van der Waals surface area contributed by atoms with Crippen LogP contribution in [0.5, 0.6) is 0 Å². The first-order chi connectivity index (χ1) is 3.91. The van der Waals surface area contributed by atoms with E-state index in [9.17, 15) is 0 Å². The maximum absolute atomic E-state index is 2.24. The van der Waals surface area contributed by atoms with Crippen LogP contribution in [0.4, 0.5) is 0 Å². The van der Waals surface area contributed by atoms with Crippen LogP contribution in [0.2, 0.25) is 0 Å². The summed E-state index contributed by atoms with van der Waals surface area (Å²) in [4.78, 5) is 0. The van der Waals surface area contributed by atoms with Crippen molar-refractivity contribution in [2.75, 3.05) is 0 Å². The molecule has 0 fully saturated rings. The molecule has 0 aliphatic rings. The monoisotopic (exact) mass is 453 g/mol. The van der Waals surface area contributed by atoms with Gasteiger partial charge in [-0.05, 0) is 0 Å². The van der Waals surface area contributed by atoms with Crippen molar-refractivity contribution >= 4 is 40.8 Å². The SMILES string of the molecule is [CH3-].[CH3-].[CH3-].[CH3-].[CH3-].[I][Co][I].c1cc[cH-]c1. The van der Waals surface area contributed by atoms with Crippen LogP contribution in [0, 0.1) is 37.1 Å². The van der Waals surface area contributed by atoms with E-state index in [2.05, 4.69) is 40.8 Å². The van der Waals surface area contributed by atoms with Crippen molar-refractivity contribution in [2.45, 2.75) is 0 Å². The molecule has 0 nitrogen and oxygen atoms in total. The molecule has 0 heterocycles. The molecule has 0 saturated carbocycles. The Labute approximate surface area is 115 Å². The molecule has 0 amide bonds. The number of halogens is 2. The summed E-state index contributed by atoms with van der Waals surface area (Å²) in [7, 11) is 1.38. The van der Waals surface area contributed by atoms with Gasteiger partial charge in [0, 0.05) is 0 Å². The van der Waals surface area contributed by atoms with E-state index in [1.165, 1.54) is 8.26 Å². The molecular formula is C10H20CoI2-6. The molecule has 0 radical (unpaired) electrons. The van der Waals surface area contributed by atoms with E-state index in [1.54, 1.807) is 0 Å². The maximum Gasteiger partial charge on any atom is -0.172 e. The van der Waals surface area contributed by atoms with Crippen molar-refractivity contribution < 1.29 is 8.26 Å². The molecule has 0 bridgehead atoms. The fourth-order valence-electron chi connectivity index (χ4n) is 0.321. The fraction of sp³-hybridized carbons (Fsp3) is 0. The number of hydrogen-bond donors (Lipinski definition) is 0. The molecule has 0 saturated heterocycles. The normalized spacial score (nSPS) is 4.77. The van der Waals surface area contributed by atoms with Crippen LogP contribution in [0.1, 0.15) is 0 Å². The number of hydrogen-bond acceptors (Lipinski definition) is 0. The van der Waals surface area contributed by atoms with Crippen molar-refractivity contribution in [3.8, 4) is 0 Å². The zero-order valence-corrected chi connectivity index (χ0v) is 14.3. The third-order valence-corrected chi connectivity index (χ3v) is 0.556. The minimum atomic E-state index is 0. The summed E-state index contributed by atoms with van der Waals surface area (Å²) >= 11 is 4.49. The summed E-state index contributed by atoms with van der Waals surface area (Å²) in [6.45, 7) is 0. The Morgan fingerprint density at radius 1 is 0.769 bits per heavy atom. The number of rotatable bonds is 0. The first kappa shape index (κ1) is 36.7. The second-order valence-electron chi connectivity index (χ2n) is 1.01. The largest absolute Gasteiger partial charge is 0.214 e. The molecule has 13 heavy (non-hydrogen) atoms. The van der Waals surface area contributed by atoms with Gasteiger partial charge >= 0.3 is 49.1 Å². The summed E-state index contributed by atoms with van der Waals surface area (Å²) in [6, 6.07) is 10.0. The molecule has 0 aromatic heterocycles. The first-order valence-corrected chi connectivity index (χ1v) is 8.64. The van der Waals surface area contributed by atoms with Crippen LogP contribution < -0.4 is 0 Å². The van der Waals surface area contributed by atoms with Crippen LogP contribution >= 0.6 is 40.8 Å². The molecule has 1 rings (SSSR count). The van der Waals surface area contributed by atoms with E-state index in [1.807, 2.05) is 30.3 Å². The van der Waals surface area contributed by atoms with Crippen LogP contribution in [0.3, 0.4) is 0 Å². The van der Waals surface area contributed by atoms with Crippen molar-refractivity contribution in [3.05, 3.63) is 67.5 Å². The smallest absolute Gasteiger partial charge is 0.172 e. The van der Waals surface area contributed by atoms with E-state index in [4.69, 9.17) is 0 Å². The van der Waals surface area contributed by atoms with Crippen LogP contribution in [0.25, 0.3) is 0 Å². The van der Waals surface area contributed by atoms with Crippen molar-refractivity contribution in [1.29, 1.82) is 0 Å². The Balaban J connectivity index is -0.0000000144. The van der Waals surface area contributed by atoms with E-state index in [0.717, 1.165) is 0 Å². The molecule has 0 spiro atoms. The van der Waals surface area contributed by atoms with E-state index < -0.39 is 0 Å². The zero-order chi connectivity index (χ0) is 6.24. The van der Waals surface area contributed by atoms with Crippen molar-refractivity contribution in [2.24, 2.45) is 0 Å². The Hall–Kier alpha value is 1.32. The summed E-state index contributed by atoms with van der Waals surface area (Å²) in [5.41, 5.74) is 0. The quantitative estimate of drug-likeness (QED) is 0.364. The Morgan fingerprint density at radius 2 is 1.00 bits per heavy atom. The maximum atomic E-state index is 2.24. The van der Waals surface area contributed by atoms with Gasteiger partial charge in [-0.2, -0.15) is 18.2 Å².